The van der Waals surface area contributed by atoms with Crippen LogP contribution in [-0.4, -0.2) is 18.0 Å². The third kappa shape index (κ3) is 3.68. The SMILES string of the molecule is Cl.O=[N+]([O-])c1ccccc1CC1CCNCC1. The lowest BCUT2D eigenvalue weighted by Gasteiger charge is -2.22. The lowest BCUT2D eigenvalue weighted by Crippen LogP contribution is -2.28. The first-order valence-electron chi connectivity index (χ1n) is 5.70. The van der Waals surface area contributed by atoms with Gasteiger partial charge in [-0.2, -0.15) is 0 Å². The molecule has 0 amide bonds. The molecule has 1 aromatic rings. The third-order valence-corrected chi connectivity index (χ3v) is 3.16. The molecule has 1 N–H and O–H groups in total. The van der Waals surface area contributed by atoms with Crippen LogP contribution in [0.1, 0.15) is 18.4 Å². The summed E-state index contributed by atoms with van der Waals surface area (Å²) in [5, 5.41) is 14.2. The van der Waals surface area contributed by atoms with Gasteiger partial charge in [0.15, 0.2) is 0 Å². The molecule has 1 heterocycles. The van der Waals surface area contributed by atoms with Crippen LogP contribution in [0.2, 0.25) is 0 Å². The second-order valence-electron chi connectivity index (χ2n) is 4.28. The number of nitro benzene ring substituents is 1. The van der Waals surface area contributed by atoms with Gasteiger partial charge in [0.05, 0.1) is 4.92 Å². The maximum absolute atomic E-state index is 10.9. The molecule has 0 saturated carbocycles. The highest BCUT2D eigenvalue weighted by Gasteiger charge is 2.18. The highest BCUT2D eigenvalue weighted by molar-refractivity contribution is 5.85. The minimum atomic E-state index is -0.281. The Bertz CT molecular complexity index is 379. The quantitative estimate of drug-likeness (QED) is 0.668. The van der Waals surface area contributed by atoms with Crippen molar-refractivity contribution in [3.8, 4) is 0 Å². The number of halogens is 1. The van der Waals surface area contributed by atoms with Gasteiger partial charge in [0, 0.05) is 11.6 Å². The van der Waals surface area contributed by atoms with Gasteiger partial charge < -0.3 is 5.32 Å². The number of hydrogen-bond acceptors (Lipinski definition) is 3. The molecule has 0 aromatic heterocycles. The lowest BCUT2D eigenvalue weighted by molar-refractivity contribution is -0.385. The van der Waals surface area contributed by atoms with Crippen molar-refractivity contribution in [2.45, 2.75) is 19.3 Å². The number of benzene rings is 1. The first-order chi connectivity index (χ1) is 7.77. The Hall–Kier alpha value is -1.13. The number of nitrogens with one attached hydrogen (secondary N) is 1. The number of hydrogen-bond donors (Lipinski definition) is 1. The summed E-state index contributed by atoms with van der Waals surface area (Å²) in [7, 11) is 0. The highest BCUT2D eigenvalue weighted by atomic mass is 35.5. The largest absolute Gasteiger partial charge is 0.317 e. The molecule has 1 aliphatic heterocycles. The molecule has 0 spiro atoms. The van der Waals surface area contributed by atoms with Crippen LogP contribution in [-0.2, 0) is 6.42 Å². The minimum absolute atomic E-state index is 0. The summed E-state index contributed by atoms with van der Waals surface area (Å²) < 4.78 is 0. The zero-order chi connectivity index (χ0) is 11.4. The van der Waals surface area contributed by atoms with Gasteiger partial charge in [-0.3, -0.25) is 10.1 Å². The fraction of sp³-hybridized carbons (Fsp3) is 0.500. The number of piperidine rings is 1. The molecule has 0 atom stereocenters. The molecular formula is C12H17ClN2O2. The molecular weight excluding hydrogens is 240 g/mol. The van der Waals surface area contributed by atoms with Crippen LogP contribution in [0.15, 0.2) is 24.3 Å². The van der Waals surface area contributed by atoms with Gasteiger partial charge in [0.1, 0.15) is 0 Å². The molecule has 0 unspecified atom stereocenters. The molecule has 1 aliphatic rings. The molecule has 5 heteroatoms. The van der Waals surface area contributed by atoms with Gasteiger partial charge in [-0.15, -0.1) is 12.4 Å². The van der Waals surface area contributed by atoms with Crippen LogP contribution in [0.25, 0.3) is 0 Å². The van der Waals surface area contributed by atoms with Crippen molar-refractivity contribution in [2.75, 3.05) is 13.1 Å². The Morgan fingerprint density at radius 2 is 1.94 bits per heavy atom. The van der Waals surface area contributed by atoms with E-state index in [4.69, 9.17) is 0 Å². The maximum Gasteiger partial charge on any atom is 0.272 e. The van der Waals surface area contributed by atoms with Gasteiger partial charge >= 0.3 is 0 Å². The van der Waals surface area contributed by atoms with E-state index in [-0.39, 0.29) is 23.0 Å². The predicted molar refractivity (Wildman–Crippen MR) is 69.6 cm³/mol. The van der Waals surface area contributed by atoms with Gasteiger partial charge in [-0.1, -0.05) is 18.2 Å². The lowest BCUT2D eigenvalue weighted by atomic mass is 9.90. The van der Waals surface area contributed by atoms with Crippen molar-refractivity contribution in [3.63, 3.8) is 0 Å². The van der Waals surface area contributed by atoms with Crippen molar-refractivity contribution >= 4 is 18.1 Å². The Morgan fingerprint density at radius 1 is 1.29 bits per heavy atom. The summed E-state index contributed by atoms with van der Waals surface area (Å²) >= 11 is 0. The first-order valence-corrected chi connectivity index (χ1v) is 5.70. The fourth-order valence-electron chi connectivity index (χ4n) is 2.26. The summed E-state index contributed by atoms with van der Waals surface area (Å²) in [4.78, 5) is 10.6. The smallest absolute Gasteiger partial charge is 0.272 e. The van der Waals surface area contributed by atoms with E-state index in [0.29, 0.717) is 5.92 Å². The van der Waals surface area contributed by atoms with Crippen molar-refractivity contribution in [2.24, 2.45) is 5.92 Å². The van der Waals surface area contributed by atoms with Gasteiger partial charge in [0.25, 0.3) is 5.69 Å². The summed E-state index contributed by atoms with van der Waals surface area (Å²) in [5.41, 5.74) is 1.14. The minimum Gasteiger partial charge on any atom is -0.317 e. The molecule has 17 heavy (non-hydrogen) atoms. The Labute approximate surface area is 107 Å². The molecule has 1 saturated heterocycles. The van der Waals surface area contributed by atoms with E-state index in [2.05, 4.69) is 5.32 Å². The standard InChI is InChI=1S/C12H16N2O2.ClH/c15-14(16)12-4-2-1-3-11(12)9-10-5-7-13-8-6-10;/h1-4,10,13H,5-9H2;1H. The average molecular weight is 257 g/mol. The van der Waals surface area contributed by atoms with Crippen molar-refractivity contribution in [1.82, 2.24) is 5.32 Å². The van der Waals surface area contributed by atoms with Crippen LogP contribution in [0, 0.1) is 16.0 Å². The summed E-state index contributed by atoms with van der Waals surface area (Å²) in [6, 6.07) is 7.07. The second kappa shape index (κ2) is 6.57. The van der Waals surface area contributed by atoms with Crippen LogP contribution in [0.4, 0.5) is 5.69 Å². The molecule has 1 aromatic carbocycles. The summed E-state index contributed by atoms with van der Waals surface area (Å²) in [6.45, 7) is 2.07. The zero-order valence-electron chi connectivity index (χ0n) is 9.59. The predicted octanol–water partition coefficient (Wildman–Crippen LogP) is 2.56. The molecule has 4 nitrogen and oxygen atoms in total. The molecule has 1 fully saturated rings. The molecule has 94 valence electrons. The van der Waals surface area contributed by atoms with Crippen LogP contribution in [0.5, 0.6) is 0 Å². The van der Waals surface area contributed by atoms with E-state index in [1.165, 1.54) is 0 Å². The van der Waals surface area contributed by atoms with Crippen LogP contribution >= 0.6 is 12.4 Å². The second-order valence-corrected chi connectivity index (χ2v) is 4.28. The normalized spacial score (nSPS) is 16.2. The number of nitrogens with zero attached hydrogens (tertiary/aromatic N) is 1. The first kappa shape index (κ1) is 13.9. The summed E-state index contributed by atoms with van der Waals surface area (Å²) in [5.74, 6) is 0.586. The molecule has 0 aliphatic carbocycles. The van der Waals surface area contributed by atoms with E-state index < -0.39 is 0 Å². The summed E-state index contributed by atoms with van der Waals surface area (Å²) in [6.07, 6.45) is 3.07. The maximum atomic E-state index is 10.9. The zero-order valence-corrected chi connectivity index (χ0v) is 10.4. The van der Waals surface area contributed by atoms with Gasteiger partial charge in [-0.05, 0) is 38.3 Å². The Morgan fingerprint density at radius 3 is 2.59 bits per heavy atom. The van der Waals surface area contributed by atoms with Crippen molar-refractivity contribution in [1.29, 1.82) is 0 Å². The highest BCUT2D eigenvalue weighted by Crippen LogP contribution is 2.24. The molecule has 0 radical (unpaired) electrons. The van der Waals surface area contributed by atoms with E-state index in [1.807, 2.05) is 12.1 Å². The number of para-hydroxylation sites is 1. The Kier molecular flexibility index (Phi) is 5.38. The van der Waals surface area contributed by atoms with Gasteiger partial charge in [-0.25, -0.2) is 0 Å². The molecule has 2 rings (SSSR count). The van der Waals surface area contributed by atoms with Gasteiger partial charge in [0.2, 0.25) is 0 Å². The third-order valence-electron chi connectivity index (χ3n) is 3.16. The number of rotatable bonds is 3. The van der Waals surface area contributed by atoms with Crippen LogP contribution < -0.4 is 5.32 Å². The van der Waals surface area contributed by atoms with E-state index in [9.17, 15) is 10.1 Å². The van der Waals surface area contributed by atoms with E-state index in [0.717, 1.165) is 37.9 Å². The Balaban J connectivity index is 0.00000144. The van der Waals surface area contributed by atoms with Crippen LogP contribution in [0.3, 0.4) is 0 Å². The number of nitro groups is 1. The monoisotopic (exact) mass is 256 g/mol. The fourth-order valence-corrected chi connectivity index (χ4v) is 2.26. The van der Waals surface area contributed by atoms with Crippen molar-refractivity contribution in [3.05, 3.63) is 39.9 Å². The van der Waals surface area contributed by atoms with E-state index >= 15 is 0 Å². The van der Waals surface area contributed by atoms with E-state index in [1.54, 1.807) is 12.1 Å². The van der Waals surface area contributed by atoms with Crippen molar-refractivity contribution < 1.29 is 4.92 Å². The average Bonchev–Trinajstić information content (AvgIpc) is 2.31. The topological polar surface area (TPSA) is 55.2 Å². The molecule has 0 bridgehead atoms.